The number of hydrogen-bond acceptors (Lipinski definition) is 7. The molecule has 3 heterocycles. The summed E-state index contributed by atoms with van der Waals surface area (Å²) in [7, 11) is 0. The molecule has 35 heavy (non-hydrogen) atoms. The van der Waals surface area contributed by atoms with Crippen molar-refractivity contribution in [2.75, 3.05) is 11.9 Å². The van der Waals surface area contributed by atoms with Gasteiger partial charge in [-0.3, -0.25) is 0 Å². The van der Waals surface area contributed by atoms with Crippen molar-refractivity contribution in [2.24, 2.45) is 0 Å². The quantitative estimate of drug-likeness (QED) is 0.415. The van der Waals surface area contributed by atoms with Gasteiger partial charge in [0.15, 0.2) is 0 Å². The van der Waals surface area contributed by atoms with Gasteiger partial charge in [0, 0.05) is 17.7 Å². The first kappa shape index (κ1) is 22.3. The van der Waals surface area contributed by atoms with Gasteiger partial charge in [-0.2, -0.15) is 4.98 Å². The van der Waals surface area contributed by atoms with Crippen LogP contribution in [0.4, 0.5) is 10.5 Å². The number of aromatic amines is 1. The topological polar surface area (TPSA) is 126 Å². The molecular weight excluding hydrogens is 448 g/mol. The van der Waals surface area contributed by atoms with Crippen molar-refractivity contribution in [3.8, 4) is 11.4 Å². The summed E-state index contributed by atoms with van der Waals surface area (Å²) >= 11 is 0. The van der Waals surface area contributed by atoms with Crippen LogP contribution in [-0.2, 0) is 17.7 Å². The third kappa shape index (κ3) is 4.63. The Balaban J connectivity index is 1.38. The first-order chi connectivity index (χ1) is 17.0. The van der Waals surface area contributed by atoms with E-state index in [0.29, 0.717) is 42.5 Å². The average Bonchev–Trinajstić information content (AvgIpc) is 3.53. The number of H-pyrrole nitrogens is 1. The van der Waals surface area contributed by atoms with Crippen molar-refractivity contribution in [1.82, 2.24) is 25.0 Å². The van der Waals surface area contributed by atoms with E-state index >= 15 is 0 Å². The van der Waals surface area contributed by atoms with Crippen LogP contribution in [0, 0.1) is 6.92 Å². The normalized spacial score (nSPS) is 14.9. The number of carbonyl (C=O) groups excluding carboxylic acids is 2. The Hall–Kier alpha value is -4.47. The van der Waals surface area contributed by atoms with Gasteiger partial charge in [-0.05, 0) is 44.2 Å². The minimum Gasteiger partial charge on any atom is -0.462 e. The molecule has 2 aromatic carbocycles. The lowest BCUT2D eigenvalue weighted by atomic mass is 10.0. The van der Waals surface area contributed by atoms with E-state index < -0.39 is 12.0 Å². The monoisotopic (exact) mass is 472 g/mol. The van der Waals surface area contributed by atoms with E-state index in [1.807, 2.05) is 31.2 Å². The summed E-state index contributed by atoms with van der Waals surface area (Å²) in [5.41, 5.74) is 4.60. The van der Waals surface area contributed by atoms with Crippen molar-refractivity contribution in [3.05, 3.63) is 83.3 Å². The smallest absolute Gasteiger partial charge is 0.338 e. The summed E-state index contributed by atoms with van der Waals surface area (Å²) in [4.78, 5) is 38.9. The van der Waals surface area contributed by atoms with Gasteiger partial charge in [0.05, 0.1) is 36.4 Å². The number of aromatic nitrogens is 4. The average molecular weight is 473 g/mol. The molecule has 1 atom stereocenters. The number of imidazole rings is 1. The molecule has 0 fully saturated rings. The molecule has 178 valence electrons. The first-order valence-electron chi connectivity index (χ1n) is 11.3. The van der Waals surface area contributed by atoms with Crippen LogP contribution in [-0.4, -0.2) is 43.6 Å². The van der Waals surface area contributed by atoms with Gasteiger partial charge in [-0.1, -0.05) is 28.9 Å². The second-order valence-corrected chi connectivity index (χ2v) is 8.23. The van der Waals surface area contributed by atoms with Crippen molar-refractivity contribution in [3.63, 3.8) is 0 Å². The molecule has 1 aliphatic heterocycles. The Bertz CT molecular complexity index is 1360. The number of urea groups is 1. The number of nitrogens with one attached hydrogen (secondary N) is 2. The second-order valence-electron chi connectivity index (χ2n) is 8.23. The van der Waals surface area contributed by atoms with E-state index in [2.05, 4.69) is 25.4 Å². The maximum atomic E-state index is 13.3. The van der Waals surface area contributed by atoms with Crippen LogP contribution >= 0.6 is 0 Å². The zero-order valence-corrected chi connectivity index (χ0v) is 19.3. The fraction of sp³-hybridized carbons (Fsp3) is 0.240. The standard InChI is InChI=1S/C25H24N6O4/c1-3-34-24(32)16-7-9-18(10-8-16)28-25(33)31-13-20-19(26-14-27-20)12-21(31)23-29-22(30-35-23)17-6-4-5-15(2)11-17/h4-11,14,21H,3,12-13H2,1-2H3,(H,26,27)(H,28,33). The fourth-order valence-electron chi connectivity index (χ4n) is 4.04. The Morgan fingerprint density at radius 2 is 2.06 bits per heavy atom. The number of rotatable bonds is 5. The maximum Gasteiger partial charge on any atom is 0.338 e. The SMILES string of the molecule is CCOC(=O)c1ccc(NC(=O)N2Cc3[nH]cnc3CC2c2nc(-c3cccc(C)c3)no2)cc1. The van der Waals surface area contributed by atoms with Crippen molar-refractivity contribution in [1.29, 1.82) is 0 Å². The zero-order chi connectivity index (χ0) is 24.4. The molecule has 0 saturated heterocycles. The number of fused-ring (bicyclic) bond motifs is 1. The number of amides is 2. The van der Waals surface area contributed by atoms with Gasteiger partial charge in [-0.25, -0.2) is 14.6 Å². The molecule has 0 radical (unpaired) electrons. The molecular formula is C25H24N6O4. The Morgan fingerprint density at radius 1 is 1.23 bits per heavy atom. The van der Waals surface area contributed by atoms with Crippen LogP contribution in [0.15, 0.2) is 59.4 Å². The highest BCUT2D eigenvalue weighted by Gasteiger charge is 2.36. The number of aryl methyl sites for hydroxylation is 1. The number of esters is 1. The number of carbonyl (C=O) groups is 2. The van der Waals surface area contributed by atoms with Gasteiger partial charge < -0.3 is 24.5 Å². The van der Waals surface area contributed by atoms with Crippen LogP contribution in [0.25, 0.3) is 11.4 Å². The van der Waals surface area contributed by atoms with Gasteiger partial charge in [-0.15, -0.1) is 0 Å². The van der Waals surface area contributed by atoms with Crippen molar-refractivity contribution >= 4 is 17.7 Å². The summed E-state index contributed by atoms with van der Waals surface area (Å²) in [6.07, 6.45) is 2.05. The molecule has 4 aromatic rings. The van der Waals surface area contributed by atoms with Gasteiger partial charge >= 0.3 is 12.0 Å². The highest BCUT2D eigenvalue weighted by Crippen LogP contribution is 2.32. The second kappa shape index (κ2) is 9.41. The first-order valence-corrected chi connectivity index (χ1v) is 11.3. The van der Waals surface area contributed by atoms with E-state index in [-0.39, 0.29) is 6.03 Å². The van der Waals surface area contributed by atoms with E-state index in [1.54, 1.807) is 42.4 Å². The van der Waals surface area contributed by atoms with Crippen LogP contribution in [0.2, 0.25) is 0 Å². The number of benzene rings is 2. The minimum absolute atomic E-state index is 0.296. The highest BCUT2D eigenvalue weighted by atomic mass is 16.5. The summed E-state index contributed by atoms with van der Waals surface area (Å²) in [6.45, 7) is 4.34. The lowest BCUT2D eigenvalue weighted by Gasteiger charge is -2.32. The lowest BCUT2D eigenvalue weighted by molar-refractivity contribution is 0.0526. The molecule has 10 heteroatoms. The minimum atomic E-state index is -0.490. The largest absolute Gasteiger partial charge is 0.462 e. The number of hydrogen-bond donors (Lipinski definition) is 2. The number of anilines is 1. The molecule has 10 nitrogen and oxygen atoms in total. The molecule has 0 saturated carbocycles. The molecule has 2 amide bonds. The number of ether oxygens (including phenoxy) is 1. The third-order valence-corrected chi connectivity index (χ3v) is 5.81. The molecule has 1 unspecified atom stereocenters. The lowest BCUT2D eigenvalue weighted by Crippen LogP contribution is -2.41. The van der Waals surface area contributed by atoms with Crippen LogP contribution in [0.3, 0.4) is 0 Å². The molecule has 5 rings (SSSR count). The Labute approximate surface area is 201 Å². The highest BCUT2D eigenvalue weighted by molar-refractivity contribution is 5.92. The predicted molar refractivity (Wildman–Crippen MR) is 126 cm³/mol. The van der Waals surface area contributed by atoms with Gasteiger partial charge in [0.2, 0.25) is 11.7 Å². The van der Waals surface area contributed by atoms with Gasteiger partial charge in [0.1, 0.15) is 6.04 Å². The summed E-state index contributed by atoms with van der Waals surface area (Å²) in [5, 5.41) is 7.04. The fourth-order valence-corrected chi connectivity index (χ4v) is 4.04. The van der Waals surface area contributed by atoms with Crippen LogP contribution in [0.1, 0.15) is 46.2 Å². The van der Waals surface area contributed by atoms with Crippen molar-refractivity contribution < 1.29 is 18.8 Å². The van der Waals surface area contributed by atoms with Gasteiger partial charge in [0.25, 0.3) is 0 Å². The zero-order valence-electron chi connectivity index (χ0n) is 19.3. The molecule has 0 aliphatic carbocycles. The van der Waals surface area contributed by atoms with E-state index in [4.69, 9.17) is 9.26 Å². The molecule has 0 bridgehead atoms. The Morgan fingerprint density at radius 3 is 2.83 bits per heavy atom. The van der Waals surface area contributed by atoms with E-state index in [9.17, 15) is 9.59 Å². The molecule has 0 spiro atoms. The molecule has 1 aliphatic rings. The molecule has 2 N–H and O–H groups in total. The predicted octanol–water partition coefficient (Wildman–Crippen LogP) is 4.28. The summed E-state index contributed by atoms with van der Waals surface area (Å²) < 4.78 is 10.6. The summed E-state index contributed by atoms with van der Waals surface area (Å²) in [5.74, 6) is 0.392. The number of nitrogens with zero attached hydrogens (tertiary/aromatic N) is 4. The third-order valence-electron chi connectivity index (χ3n) is 5.81. The van der Waals surface area contributed by atoms with Crippen molar-refractivity contribution in [2.45, 2.75) is 32.9 Å². The molecule has 2 aromatic heterocycles. The van der Waals surface area contributed by atoms with E-state index in [0.717, 1.165) is 22.5 Å². The van der Waals surface area contributed by atoms with Crippen LogP contribution < -0.4 is 5.32 Å². The Kier molecular flexibility index (Phi) is 6.01. The summed E-state index contributed by atoms with van der Waals surface area (Å²) in [6, 6.07) is 13.5. The van der Waals surface area contributed by atoms with E-state index in [1.165, 1.54) is 0 Å². The maximum absolute atomic E-state index is 13.3. The van der Waals surface area contributed by atoms with Crippen LogP contribution in [0.5, 0.6) is 0 Å².